The van der Waals surface area contributed by atoms with E-state index in [2.05, 4.69) is 33.0 Å². The molecule has 1 aliphatic heterocycles. The van der Waals surface area contributed by atoms with Crippen LogP contribution in [-0.2, 0) is 15.0 Å². The van der Waals surface area contributed by atoms with E-state index in [4.69, 9.17) is 11.5 Å². The molecule has 5 rings (SSSR count). The molecule has 1 spiro atoms. The molecular weight excluding hydrogens is 466 g/mol. The number of carbonyl (C=O) groups is 2. The Balaban J connectivity index is 1.52. The first-order valence-corrected chi connectivity index (χ1v) is 13.0. The lowest BCUT2D eigenvalue weighted by atomic mass is 9.52. The number of rotatable bonds is 8. The van der Waals surface area contributed by atoms with Crippen LogP contribution >= 0.6 is 15.9 Å². The normalized spacial score (nSPS) is 34.8. The highest BCUT2D eigenvalue weighted by molar-refractivity contribution is 9.10. The van der Waals surface area contributed by atoms with E-state index in [9.17, 15) is 9.59 Å². The SMILES string of the molecule is NC(=O)[C@]1(CCCCN2CCCCC2)[C@@H]2C=C[C@@H](C23CC3)[C@@]1(C(N)=O)c1ccc(Br)cc1. The van der Waals surface area contributed by atoms with Gasteiger partial charge in [0.25, 0.3) is 0 Å². The third-order valence-electron chi connectivity index (χ3n) is 9.14. The lowest BCUT2D eigenvalue weighted by Gasteiger charge is -2.48. The third kappa shape index (κ3) is 2.91. The van der Waals surface area contributed by atoms with Gasteiger partial charge in [0.2, 0.25) is 11.8 Å². The summed E-state index contributed by atoms with van der Waals surface area (Å²) in [5.74, 6) is -0.838. The number of likely N-dealkylation sites (tertiary alicyclic amines) is 1. The summed E-state index contributed by atoms with van der Waals surface area (Å²) in [6.45, 7) is 3.38. The summed E-state index contributed by atoms with van der Waals surface area (Å²) in [4.78, 5) is 29.4. The molecule has 1 heterocycles. The first-order chi connectivity index (χ1) is 15.4. The standard InChI is InChI=1S/C26H34BrN3O2/c27-19-8-6-18(7-9-19)26(23(29)32)21-11-10-20(24(21)13-14-24)25(26,22(28)31)12-2-5-17-30-15-3-1-4-16-30/h6-11,20-21H,1-5,12-17H2,(H2,28,31)(H2,29,32)/t20-,21+,25+,26-/m1/s1. The maximum atomic E-state index is 13.5. The highest BCUT2D eigenvalue weighted by Crippen LogP contribution is 2.80. The van der Waals surface area contributed by atoms with Crippen molar-refractivity contribution < 1.29 is 9.59 Å². The second kappa shape index (κ2) is 7.98. The molecule has 1 aromatic carbocycles. The molecule has 4 aliphatic rings. The average Bonchev–Trinajstić information content (AvgIpc) is 3.45. The van der Waals surface area contributed by atoms with Gasteiger partial charge in [0.1, 0.15) is 0 Å². The lowest BCUT2D eigenvalue weighted by molar-refractivity contribution is -0.143. The number of allylic oxidation sites excluding steroid dienone is 2. The van der Waals surface area contributed by atoms with Crippen molar-refractivity contribution in [3.8, 4) is 0 Å². The number of unbranched alkanes of at least 4 members (excludes halogenated alkanes) is 1. The van der Waals surface area contributed by atoms with Gasteiger partial charge in [-0.1, -0.05) is 53.1 Å². The molecule has 0 radical (unpaired) electrons. The van der Waals surface area contributed by atoms with Crippen molar-refractivity contribution in [2.75, 3.05) is 19.6 Å². The number of nitrogens with zero attached hydrogens (tertiary/aromatic N) is 1. The fourth-order valence-electron chi connectivity index (χ4n) is 7.73. The van der Waals surface area contributed by atoms with Crippen molar-refractivity contribution in [2.24, 2.45) is 34.1 Å². The molecule has 32 heavy (non-hydrogen) atoms. The van der Waals surface area contributed by atoms with Crippen LogP contribution in [0.4, 0.5) is 0 Å². The molecule has 2 amide bonds. The predicted molar refractivity (Wildman–Crippen MR) is 129 cm³/mol. The van der Waals surface area contributed by atoms with E-state index < -0.39 is 16.7 Å². The Morgan fingerprint density at radius 3 is 2.19 bits per heavy atom. The van der Waals surface area contributed by atoms with Crippen LogP contribution < -0.4 is 11.5 Å². The number of amides is 2. The minimum absolute atomic E-state index is 0.0105. The highest BCUT2D eigenvalue weighted by atomic mass is 79.9. The number of carbonyl (C=O) groups excluding carboxylic acids is 2. The molecule has 1 saturated heterocycles. The largest absolute Gasteiger partial charge is 0.369 e. The van der Waals surface area contributed by atoms with Crippen molar-refractivity contribution in [3.63, 3.8) is 0 Å². The lowest BCUT2D eigenvalue weighted by Crippen LogP contribution is -2.62. The minimum atomic E-state index is -1.08. The van der Waals surface area contributed by atoms with Gasteiger partial charge in [0, 0.05) is 10.4 Å². The quantitative estimate of drug-likeness (QED) is 0.419. The van der Waals surface area contributed by atoms with Crippen LogP contribution in [0.1, 0.15) is 56.9 Å². The van der Waals surface area contributed by atoms with E-state index in [0.29, 0.717) is 6.42 Å². The summed E-state index contributed by atoms with van der Waals surface area (Å²) < 4.78 is 0.937. The molecule has 3 aliphatic carbocycles. The smallest absolute Gasteiger partial charge is 0.229 e. The zero-order valence-corrected chi connectivity index (χ0v) is 20.3. The van der Waals surface area contributed by atoms with E-state index in [1.807, 2.05) is 24.3 Å². The Morgan fingerprint density at radius 2 is 1.59 bits per heavy atom. The number of hydrogen-bond acceptors (Lipinski definition) is 3. The first-order valence-electron chi connectivity index (χ1n) is 12.2. The maximum absolute atomic E-state index is 13.5. The van der Waals surface area contributed by atoms with Crippen molar-refractivity contribution in [2.45, 2.75) is 56.8 Å². The molecule has 2 bridgehead atoms. The average molecular weight is 500 g/mol. The topological polar surface area (TPSA) is 89.4 Å². The van der Waals surface area contributed by atoms with Crippen LogP contribution in [0.15, 0.2) is 40.9 Å². The van der Waals surface area contributed by atoms with Gasteiger partial charge in [0.05, 0.1) is 10.8 Å². The molecule has 4 N–H and O–H groups in total. The fourth-order valence-corrected chi connectivity index (χ4v) is 7.99. The number of halogens is 1. The Labute approximate surface area is 199 Å². The Bertz CT molecular complexity index is 935. The van der Waals surface area contributed by atoms with Gasteiger partial charge < -0.3 is 16.4 Å². The monoisotopic (exact) mass is 499 g/mol. The van der Waals surface area contributed by atoms with Gasteiger partial charge >= 0.3 is 0 Å². The molecule has 2 saturated carbocycles. The molecule has 0 unspecified atom stereocenters. The number of piperidine rings is 1. The van der Waals surface area contributed by atoms with E-state index in [0.717, 1.165) is 42.3 Å². The van der Waals surface area contributed by atoms with Gasteiger partial charge in [-0.3, -0.25) is 9.59 Å². The van der Waals surface area contributed by atoms with Gasteiger partial charge in [0.15, 0.2) is 0 Å². The predicted octanol–water partition coefficient (Wildman–Crippen LogP) is 3.90. The second-order valence-electron chi connectivity index (χ2n) is 10.4. The summed E-state index contributed by atoms with van der Waals surface area (Å²) in [6.07, 6.45) is 12.8. The molecule has 3 fully saturated rings. The van der Waals surface area contributed by atoms with Crippen LogP contribution in [0.2, 0.25) is 0 Å². The number of hydrogen-bond donors (Lipinski definition) is 2. The van der Waals surface area contributed by atoms with E-state index >= 15 is 0 Å². The van der Waals surface area contributed by atoms with Gasteiger partial charge in [-0.05, 0) is 87.2 Å². The molecule has 5 nitrogen and oxygen atoms in total. The zero-order chi connectivity index (χ0) is 22.6. The van der Waals surface area contributed by atoms with Crippen LogP contribution in [-0.4, -0.2) is 36.3 Å². The number of primary amides is 2. The fraction of sp³-hybridized carbons (Fsp3) is 0.615. The highest BCUT2D eigenvalue weighted by Gasteiger charge is 2.82. The number of benzene rings is 1. The number of nitrogens with two attached hydrogens (primary N) is 2. The molecule has 1 aromatic rings. The van der Waals surface area contributed by atoms with Crippen molar-refractivity contribution >= 4 is 27.7 Å². The zero-order valence-electron chi connectivity index (χ0n) is 18.7. The van der Waals surface area contributed by atoms with Crippen molar-refractivity contribution in [1.82, 2.24) is 4.90 Å². The van der Waals surface area contributed by atoms with Crippen LogP contribution in [0.25, 0.3) is 0 Å². The summed E-state index contributed by atoms with van der Waals surface area (Å²) in [5, 5.41) is 0. The van der Waals surface area contributed by atoms with Crippen LogP contribution in [0.5, 0.6) is 0 Å². The Morgan fingerprint density at radius 1 is 0.938 bits per heavy atom. The molecule has 172 valence electrons. The first kappa shape index (κ1) is 22.1. The van der Waals surface area contributed by atoms with Gasteiger partial charge in [-0.2, -0.15) is 0 Å². The van der Waals surface area contributed by atoms with Crippen LogP contribution in [0, 0.1) is 22.7 Å². The van der Waals surface area contributed by atoms with Crippen molar-refractivity contribution in [1.29, 1.82) is 0 Å². The van der Waals surface area contributed by atoms with Gasteiger partial charge in [-0.15, -0.1) is 0 Å². The molecular formula is C26H34BrN3O2. The van der Waals surface area contributed by atoms with Crippen molar-refractivity contribution in [3.05, 3.63) is 46.5 Å². The van der Waals surface area contributed by atoms with E-state index in [1.165, 1.54) is 32.4 Å². The summed E-state index contributed by atoms with van der Waals surface area (Å²) >= 11 is 3.50. The molecule has 4 atom stereocenters. The molecule has 6 heteroatoms. The maximum Gasteiger partial charge on any atom is 0.229 e. The molecule has 0 aromatic heterocycles. The second-order valence-corrected chi connectivity index (χ2v) is 11.4. The van der Waals surface area contributed by atoms with Gasteiger partial charge in [-0.25, -0.2) is 0 Å². The summed E-state index contributed by atoms with van der Waals surface area (Å²) in [7, 11) is 0. The Hall–Kier alpha value is -1.66. The third-order valence-corrected chi connectivity index (χ3v) is 9.66. The Kier molecular flexibility index (Phi) is 5.52. The van der Waals surface area contributed by atoms with Crippen LogP contribution in [0.3, 0.4) is 0 Å². The minimum Gasteiger partial charge on any atom is -0.369 e. The van der Waals surface area contributed by atoms with E-state index in [-0.39, 0.29) is 23.2 Å². The van der Waals surface area contributed by atoms with E-state index in [1.54, 1.807) is 0 Å². The summed E-state index contributed by atoms with van der Waals surface area (Å²) in [5.41, 5.74) is 11.3. The summed E-state index contributed by atoms with van der Waals surface area (Å²) in [6, 6.07) is 7.81.